The molecule has 1 aliphatic rings. The number of nitrogens with one attached hydrogen (secondary N) is 2. The van der Waals surface area contributed by atoms with Crippen molar-refractivity contribution in [1.82, 2.24) is 10.2 Å². The van der Waals surface area contributed by atoms with Gasteiger partial charge in [-0.3, -0.25) is 14.4 Å². The van der Waals surface area contributed by atoms with E-state index in [1.165, 1.54) is 0 Å². The Morgan fingerprint density at radius 1 is 1.29 bits per heavy atom. The van der Waals surface area contributed by atoms with Gasteiger partial charge in [-0.25, -0.2) is 0 Å². The lowest BCUT2D eigenvalue weighted by Crippen LogP contribution is -2.46. The van der Waals surface area contributed by atoms with Crippen molar-refractivity contribution in [2.45, 2.75) is 26.3 Å². The molecule has 6 nitrogen and oxygen atoms in total. The highest BCUT2D eigenvalue weighted by molar-refractivity contribution is 7.99. The van der Waals surface area contributed by atoms with E-state index in [0.717, 1.165) is 6.42 Å². The molecule has 1 heterocycles. The molecule has 0 spiro atoms. The second-order valence-electron chi connectivity index (χ2n) is 5.78. The van der Waals surface area contributed by atoms with Crippen LogP contribution < -0.4 is 10.6 Å². The predicted molar refractivity (Wildman–Crippen MR) is 95.9 cm³/mol. The van der Waals surface area contributed by atoms with Gasteiger partial charge in [0.15, 0.2) is 0 Å². The fourth-order valence-electron chi connectivity index (χ4n) is 2.41. The Balaban J connectivity index is 2.03. The number of amides is 3. The molecule has 1 fully saturated rings. The van der Waals surface area contributed by atoms with Gasteiger partial charge < -0.3 is 15.5 Å². The average molecular weight is 349 g/mol. The summed E-state index contributed by atoms with van der Waals surface area (Å²) in [5, 5.41) is 5.38. The summed E-state index contributed by atoms with van der Waals surface area (Å²) in [5.41, 5.74) is 1.14. The monoisotopic (exact) mass is 349 g/mol. The van der Waals surface area contributed by atoms with Crippen LogP contribution >= 0.6 is 11.8 Å². The van der Waals surface area contributed by atoms with Crippen LogP contribution in [0.5, 0.6) is 0 Å². The molecule has 2 unspecified atom stereocenters. The molecule has 2 rings (SSSR count). The van der Waals surface area contributed by atoms with Crippen molar-refractivity contribution in [1.29, 1.82) is 0 Å². The Bertz CT molecular complexity index is 618. The Kier molecular flexibility index (Phi) is 6.25. The van der Waals surface area contributed by atoms with E-state index in [2.05, 4.69) is 10.6 Å². The molecule has 130 valence electrons. The molecule has 24 heavy (non-hydrogen) atoms. The number of hydrogen-bond acceptors (Lipinski definition) is 4. The zero-order valence-corrected chi connectivity index (χ0v) is 15.0. The molecular formula is C17H23N3O3S. The van der Waals surface area contributed by atoms with Gasteiger partial charge in [-0.15, -0.1) is 11.8 Å². The Hall–Kier alpha value is -2.02. The average Bonchev–Trinajstić information content (AvgIpc) is 3.10. The Morgan fingerprint density at radius 3 is 2.54 bits per heavy atom. The van der Waals surface area contributed by atoms with Crippen molar-refractivity contribution < 1.29 is 14.4 Å². The molecule has 2 atom stereocenters. The maximum Gasteiger partial charge on any atom is 0.251 e. The fourth-order valence-corrected chi connectivity index (χ4v) is 3.57. The van der Waals surface area contributed by atoms with Crippen molar-refractivity contribution in [3.8, 4) is 0 Å². The molecule has 3 amide bonds. The second kappa shape index (κ2) is 8.19. The first kappa shape index (κ1) is 18.3. The summed E-state index contributed by atoms with van der Waals surface area (Å²) in [6, 6.07) is 6.23. The van der Waals surface area contributed by atoms with Crippen molar-refractivity contribution >= 4 is 35.2 Å². The molecule has 1 aliphatic heterocycles. The zero-order valence-electron chi connectivity index (χ0n) is 14.2. The van der Waals surface area contributed by atoms with E-state index in [1.54, 1.807) is 48.0 Å². The van der Waals surface area contributed by atoms with Gasteiger partial charge in [-0.1, -0.05) is 13.8 Å². The fraction of sp³-hybridized carbons (Fsp3) is 0.471. The maximum atomic E-state index is 12.5. The summed E-state index contributed by atoms with van der Waals surface area (Å²) in [4.78, 5) is 38.1. The number of hydrogen-bond donors (Lipinski definition) is 2. The molecule has 0 aliphatic carbocycles. The number of thioether (sulfide) groups is 1. The molecular weight excluding hydrogens is 326 g/mol. The van der Waals surface area contributed by atoms with E-state index < -0.39 is 6.04 Å². The first-order valence-electron chi connectivity index (χ1n) is 7.99. The van der Waals surface area contributed by atoms with E-state index >= 15 is 0 Å². The van der Waals surface area contributed by atoms with Crippen LogP contribution in [0, 0.1) is 5.92 Å². The largest absolute Gasteiger partial charge is 0.355 e. The van der Waals surface area contributed by atoms with Crippen LogP contribution in [0.2, 0.25) is 0 Å². The Morgan fingerprint density at radius 2 is 1.96 bits per heavy atom. The van der Waals surface area contributed by atoms with E-state index in [-0.39, 0.29) is 23.6 Å². The highest BCUT2D eigenvalue weighted by atomic mass is 32.2. The van der Waals surface area contributed by atoms with Crippen molar-refractivity contribution in [2.24, 2.45) is 5.92 Å². The first-order chi connectivity index (χ1) is 11.5. The standard InChI is InChI=1S/C17H23N3O3S/c1-4-11(2)17(23)20-10-24-9-14(20)16(22)19-13-7-5-12(6-8-13)15(21)18-3/h5-8,11,14H,4,9-10H2,1-3H3,(H,18,21)(H,19,22). The number of carbonyl (C=O) groups excluding carboxylic acids is 3. The van der Waals surface area contributed by atoms with Crippen LogP contribution in [0.3, 0.4) is 0 Å². The number of benzene rings is 1. The molecule has 1 aromatic rings. The molecule has 1 aromatic carbocycles. The van der Waals surface area contributed by atoms with Gasteiger partial charge >= 0.3 is 0 Å². The normalized spacial score (nSPS) is 18.1. The minimum Gasteiger partial charge on any atom is -0.355 e. The van der Waals surface area contributed by atoms with E-state index in [4.69, 9.17) is 0 Å². The molecule has 0 saturated carbocycles. The highest BCUT2D eigenvalue weighted by Crippen LogP contribution is 2.25. The van der Waals surface area contributed by atoms with E-state index in [9.17, 15) is 14.4 Å². The van der Waals surface area contributed by atoms with Gasteiger partial charge in [-0.2, -0.15) is 0 Å². The first-order valence-corrected chi connectivity index (χ1v) is 9.14. The second-order valence-corrected chi connectivity index (χ2v) is 6.78. The van der Waals surface area contributed by atoms with Crippen LogP contribution in [0.1, 0.15) is 30.6 Å². The maximum absolute atomic E-state index is 12.5. The van der Waals surface area contributed by atoms with Crippen molar-refractivity contribution in [2.75, 3.05) is 24.0 Å². The summed E-state index contributed by atoms with van der Waals surface area (Å²) in [7, 11) is 1.57. The minimum absolute atomic E-state index is 0.0256. The predicted octanol–water partition coefficient (Wildman–Crippen LogP) is 1.93. The molecule has 0 bridgehead atoms. The number of rotatable bonds is 5. The lowest BCUT2D eigenvalue weighted by atomic mass is 10.1. The van der Waals surface area contributed by atoms with Crippen LogP contribution in [0.15, 0.2) is 24.3 Å². The van der Waals surface area contributed by atoms with Gasteiger partial charge in [0.2, 0.25) is 11.8 Å². The van der Waals surface area contributed by atoms with Gasteiger partial charge in [0.25, 0.3) is 5.91 Å². The van der Waals surface area contributed by atoms with Gasteiger partial charge in [0, 0.05) is 30.0 Å². The summed E-state index contributed by atoms with van der Waals surface area (Å²) in [6.45, 7) is 3.85. The topological polar surface area (TPSA) is 78.5 Å². The SMILES string of the molecule is CCC(C)C(=O)N1CSCC1C(=O)Nc1ccc(C(=O)NC)cc1. The third kappa shape index (κ3) is 4.08. The van der Waals surface area contributed by atoms with Crippen molar-refractivity contribution in [3.63, 3.8) is 0 Å². The van der Waals surface area contributed by atoms with Crippen molar-refractivity contribution in [3.05, 3.63) is 29.8 Å². The van der Waals surface area contributed by atoms with Gasteiger partial charge in [-0.05, 0) is 30.7 Å². The van der Waals surface area contributed by atoms with Gasteiger partial charge in [0.05, 0.1) is 5.88 Å². The highest BCUT2D eigenvalue weighted by Gasteiger charge is 2.36. The quantitative estimate of drug-likeness (QED) is 0.851. The molecule has 7 heteroatoms. The third-order valence-electron chi connectivity index (χ3n) is 4.14. The van der Waals surface area contributed by atoms with Gasteiger partial charge in [0.1, 0.15) is 6.04 Å². The number of nitrogens with zero attached hydrogens (tertiary/aromatic N) is 1. The Labute approximate surface area is 146 Å². The van der Waals surface area contributed by atoms with E-state index in [0.29, 0.717) is 22.9 Å². The van der Waals surface area contributed by atoms with Crippen LogP contribution in [0.25, 0.3) is 0 Å². The summed E-state index contributed by atoms with van der Waals surface area (Å²) < 4.78 is 0. The summed E-state index contributed by atoms with van der Waals surface area (Å²) in [6.07, 6.45) is 0.759. The lowest BCUT2D eigenvalue weighted by Gasteiger charge is -2.25. The summed E-state index contributed by atoms with van der Waals surface area (Å²) in [5.74, 6) is 0.736. The molecule has 0 aromatic heterocycles. The molecule has 1 saturated heterocycles. The number of anilines is 1. The summed E-state index contributed by atoms with van der Waals surface area (Å²) >= 11 is 1.59. The molecule has 2 N–H and O–H groups in total. The van der Waals surface area contributed by atoms with Crippen LogP contribution in [0.4, 0.5) is 5.69 Å². The van der Waals surface area contributed by atoms with Crippen LogP contribution in [-0.2, 0) is 9.59 Å². The third-order valence-corrected chi connectivity index (χ3v) is 5.16. The van der Waals surface area contributed by atoms with E-state index in [1.807, 2.05) is 13.8 Å². The number of carbonyl (C=O) groups is 3. The zero-order chi connectivity index (χ0) is 17.7. The lowest BCUT2D eigenvalue weighted by molar-refractivity contribution is -0.139. The minimum atomic E-state index is -0.449. The molecule has 0 radical (unpaired) electrons. The smallest absolute Gasteiger partial charge is 0.251 e. The van der Waals surface area contributed by atoms with Crippen LogP contribution in [-0.4, -0.2) is 47.3 Å².